The monoisotopic (exact) mass is 384 g/mol. The number of anilines is 1. The fraction of sp³-hybridized carbons (Fsp3) is 0.211. The molecule has 1 amide bonds. The van der Waals surface area contributed by atoms with Crippen molar-refractivity contribution in [3.63, 3.8) is 0 Å². The number of halogens is 1. The Balaban J connectivity index is 1.79. The number of rotatable bonds is 3. The van der Waals surface area contributed by atoms with E-state index in [1.807, 2.05) is 12.1 Å². The summed E-state index contributed by atoms with van der Waals surface area (Å²) >= 11 is 1.42. The molecule has 3 N–H and O–H groups in total. The van der Waals surface area contributed by atoms with Crippen LogP contribution in [0.25, 0.3) is 10.4 Å². The molecule has 0 saturated heterocycles. The number of carbonyl (C=O) groups excluding carboxylic acids is 1. The maximum absolute atomic E-state index is 14.0. The number of thiophene rings is 1. The van der Waals surface area contributed by atoms with E-state index in [4.69, 9.17) is 10.5 Å². The predicted octanol–water partition coefficient (Wildman–Crippen LogP) is 3.27. The highest BCUT2D eigenvalue weighted by Gasteiger charge is 2.30. The second-order valence-electron chi connectivity index (χ2n) is 6.27. The number of hydrogen-bond donors (Lipinski definition) is 2. The third-order valence-electron chi connectivity index (χ3n) is 4.55. The largest absolute Gasteiger partial charge is 0.487 e. The third kappa shape index (κ3) is 3.12. The molecule has 2 aromatic heterocycles. The molecule has 3 heterocycles. The molecule has 8 heteroatoms. The molecule has 1 aliphatic heterocycles. The Morgan fingerprint density at radius 2 is 2.11 bits per heavy atom. The number of nitrogens with one attached hydrogen (secondary N) is 1. The number of nitrogen functional groups attached to an aromatic ring is 1. The zero-order valence-corrected chi connectivity index (χ0v) is 15.6. The van der Waals surface area contributed by atoms with E-state index >= 15 is 0 Å². The number of carbonyl (C=O) groups is 1. The van der Waals surface area contributed by atoms with Gasteiger partial charge in [-0.2, -0.15) is 0 Å². The Kier molecular flexibility index (Phi) is 4.27. The van der Waals surface area contributed by atoms with Crippen molar-refractivity contribution in [3.05, 3.63) is 58.7 Å². The lowest BCUT2D eigenvalue weighted by Gasteiger charge is -2.27. The molecule has 0 spiro atoms. The van der Waals surface area contributed by atoms with Gasteiger partial charge in [0, 0.05) is 11.3 Å². The van der Waals surface area contributed by atoms with Crippen LogP contribution in [-0.4, -0.2) is 23.0 Å². The second kappa shape index (κ2) is 6.62. The van der Waals surface area contributed by atoms with Crippen LogP contribution in [0.2, 0.25) is 0 Å². The fourth-order valence-electron chi connectivity index (χ4n) is 3.38. The molecule has 0 aliphatic carbocycles. The van der Waals surface area contributed by atoms with Crippen LogP contribution in [-0.2, 0) is 6.42 Å². The van der Waals surface area contributed by atoms with Gasteiger partial charge in [0.15, 0.2) is 5.06 Å². The molecule has 0 radical (unpaired) electrons. The number of hydrogen-bond acceptors (Lipinski definition) is 6. The van der Waals surface area contributed by atoms with Gasteiger partial charge in [0.25, 0.3) is 5.91 Å². The van der Waals surface area contributed by atoms with Crippen LogP contribution >= 0.6 is 11.3 Å². The number of methoxy groups -OCH3 is 1. The fourth-order valence-corrected chi connectivity index (χ4v) is 4.24. The van der Waals surface area contributed by atoms with Gasteiger partial charge < -0.3 is 15.8 Å². The Hall–Kier alpha value is -3.00. The quantitative estimate of drug-likeness (QED) is 0.723. The Morgan fingerprint density at radius 3 is 2.85 bits per heavy atom. The molecular formula is C19H17FN4O2S. The van der Waals surface area contributed by atoms with Crippen molar-refractivity contribution in [2.24, 2.45) is 0 Å². The van der Waals surface area contributed by atoms with Gasteiger partial charge in [-0.15, -0.1) is 0 Å². The molecular weight excluding hydrogens is 367 g/mol. The molecule has 1 atom stereocenters. The Morgan fingerprint density at radius 1 is 1.30 bits per heavy atom. The molecule has 6 nitrogen and oxygen atoms in total. The van der Waals surface area contributed by atoms with Crippen molar-refractivity contribution in [3.8, 4) is 15.5 Å². The van der Waals surface area contributed by atoms with Crippen molar-refractivity contribution in [1.29, 1.82) is 0 Å². The minimum absolute atomic E-state index is 0.141. The van der Waals surface area contributed by atoms with Gasteiger partial charge in [0.05, 0.1) is 30.1 Å². The normalized spacial score (nSPS) is 16.0. The van der Waals surface area contributed by atoms with Crippen LogP contribution in [0.5, 0.6) is 5.06 Å². The molecule has 0 saturated carbocycles. The van der Waals surface area contributed by atoms with E-state index in [2.05, 4.69) is 15.3 Å². The topological polar surface area (TPSA) is 90.1 Å². The number of nitrogens with two attached hydrogens (primary N) is 1. The average Bonchev–Trinajstić information content (AvgIpc) is 3.09. The first-order valence-electron chi connectivity index (χ1n) is 8.33. The minimum Gasteiger partial charge on any atom is -0.487 e. The van der Waals surface area contributed by atoms with Crippen molar-refractivity contribution in [2.75, 3.05) is 12.8 Å². The summed E-state index contributed by atoms with van der Waals surface area (Å²) in [6.45, 7) is 1.73. The number of aryl methyl sites for hydroxylation is 1. The lowest BCUT2D eigenvalue weighted by molar-refractivity contribution is 0.0922. The average molecular weight is 384 g/mol. The van der Waals surface area contributed by atoms with E-state index in [1.165, 1.54) is 23.5 Å². The Bertz CT molecular complexity index is 1050. The summed E-state index contributed by atoms with van der Waals surface area (Å²) < 4.78 is 19.2. The van der Waals surface area contributed by atoms with Crippen LogP contribution < -0.4 is 15.8 Å². The van der Waals surface area contributed by atoms with E-state index in [9.17, 15) is 9.18 Å². The highest BCUT2D eigenvalue weighted by molar-refractivity contribution is 7.17. The molecule has 3 aromatic rings. The maximum atomic E-state index is 14.0. The van der Waals surface area contributed by atoms with Gasteiger partial charge in [0.2, 0.25) is 5.95 Å². The van der Waals surface area contributed by atoms with E-state index in [1.54, 1.807) is 20.1 Å². The number of amides is 1. The lowest BCUT2D eigenvalue weighted by atomic mass is 9.91. The molecule has 27 heavy (non-hydrogen) atoms. The number of aromatic nitrogens is 2. The first-order chi connectivity index (χ1) is 13.0. The van der Waals surface area contributed by atoms with E-state index in [0.717, 1.165) is 21.1 Å². The SMILES string of the molecule is COc1ccc(-c2cc(F)ccc2[C@H]2Cc3nc(N)nc(C)c3C(=O)N2)s1. The maximum Gasteiger partial charge on any atom is 0.255 e. The molecule has 138 valence electrons. The summed E-state index contributed by atoms with van der Waals surface area (Å²) in [6, 6.07) is 7.94. The Labute approximate surface area is 159 Å². The van der Waals surface area contributed by atoms with E-state index < -0.39 is 0 Å². The molecule has 0 bridgehead atoms. The summed E-state index contributed by atoms with van der Waals surface area (Å²) in [7, 11) is 1.59. The van der Waals surface area contributed by atoms with Gasteiger partial charge in [-0.1, -0.05) is 17.4 Å². The third-order valence-corrected chi connectivity index (χ3v) is 5.63. The number of ether oxygens (including phenoxy) is 1. The van der Waals surface area contributed by atoms with Crippen molar-refractivity contribution in [1.82, 2.24) is 15.3 Å². The van der Waals surface area contributed by atoms with Crippen LogP contribution in [0.1, 0.15) is 33.4 Å². The number of nitrogens with zero attached hydrogens (tertiary/aromatic N) is 2. The van der Waals surface area contributed by atoms with Crippen LogP contribution in [0.4, 0.5) is 10.3 Å². The van der Waals surface area contributed by atoms with Gasteiger partial charge in [-0.05, 0) is 42.3 Å². The highest BCUT2D eigenvalue weighted by Crippen LogP contribution is 2.38. The zero-order chi connectivity index (χ0) is 19.1. The molecule has 1 aromatic carbocycles. The summed E-state index contributed by atoms with van der Waals surface area (Å²) in [6.07, 6.45) is 0.454. The number of fused-ring (bicyclic) bond motifs is 1. The molecule has 1 aliphatic rings. The smallest absolute Gasteiger partial charge is 0.255 e. The van der Waals surface area contributed by atoms with Crippen molar-refractivity contribution in [2.45, 2.75) is 19.4 Å². The van der Waals surface area contributed by atoms with Crippen molar-refractivity contribution < 1.29 is 13.9 Å². The molecule has 0 fully saturated rings. The summed E-state index contributed by atoms with van der Waals surface area (Å²) in [5.74, 6) is -0.453. The van der Waals surface area contributed by atoms with Gasteiger partial charge in [0.1, 0.15) is 5.82 Å². The second-order valence-corrected chi connectivity index (χ2v) is 7.32. The van der Waals surface area contributed by atoms with Crippen molar-refractivity contribution >= 4 is 23.2 Å². The van der Waals surface area contributed by atoms with Gasteiger partial charge in [-0.25, -0.2) is 14.4 Å². The van der Waals surface area contributed by atoms with Gasteiger partial charge >= 0.3 is 0 Å². The first kappa shape index (κ1) is 17.4. The molecule has 0 unspecified atom stereocenters. The predicted molar refractivity (Wildman–Crippen MR) is 101 cm³/mol. The van der Waals surface area contributed by atoms with E-state index in [-0.39, 0.29) is 23.7 Å². The summed E-state index contributed by atoms with van der Waals surface area (Å²) in [5.41, 5.74) is 8.90. The van der Waals surface area contributed by atoms with E-state index in [0.29, 0.717) is 23.4 Å². The van der Waals surface area contributed by atoms with Crippen LogP contribution in [0, 0.1) is 12.7 Å². The van der Waals surface area contributed by atoms with Crippen LogP contribution in [0.15, 0.2) is 30.3 Å². The minimum atomic E-state index is -0.345. The lowest BCUT2D eigenvalue weighted by Crippen LogP contribution is -2.37. The first-order valence-corrected chi connectivity index (χ1v) is 9.15. The standard InChI is InChI=1S/C19H17FN4O2S/c1-9-17-14(24-19(21)22-9)8-13(23-18(17)25)11-4-3-10(20)7-12(11)15-5-6-16(26-2)27-15/h3-7,13H,8H2,1-2H3,(H,23,25)(H2,21,22,24)/t13-/m1/s1. The summed E-state index contributed by atoms with van der Waals surface area (Å²) in [4.78, 5) is 21.8. The molecule has 4 rings (SSSR count). The van der Waals surface area contributed by atoms with Gasteiger partial charge in [-0.3, -0.25) is 4.79 Å². The summed E-state index contributed by atoms with van der Waals surface area (Å²) in [5, 5.41) is 3.72. The van der Waals surface area contributed by atoms with Crippen LogP contribution in [0.3, 0.4) is 0 Å². The highest BCUT2D eigenvalue weighted by atomic mass is 32.1. The number of benzene rings is 1. The zero-order valence-electron chi connectivity index (χ0n) is 14.7.